The van der Waals surface area contributed by atoms with Gasteiger partial charge in [-0.05, 0) is 25.0 Å². The van der Waals surface area contributed by atoms with Crippen LogP contribution < -0.4 is 5.69 Å². The number of fused-ring (bicyclic) bond motifs is 1. The Kier molecular flexibility index (Phi) is 5.16. The van der Waals surface area contributed by atoms with Crippen LogP contribution in [0.25, 0.3) is 10.9 Å². The fraction of sp³-hybridized carbons (Fsp3) is 0.190. The van der Waals surface area contributed by atoms with E-state index < -0.39 is 0 Å². The molecule has 2 aromatic heterocycles. The quantitative estimate of drug-likeness (QED) is 0.371. The minimum Gasteiger partial charge on any atom is -0.360 e. The summed E-state index contributed by atoms with van der Waals surface area (Å²) in [6.07, 6.45) is 2.47. The Morgan fingerprint density at radius 2 is 1.89 bits per heavy atom. The van der Waals surface area contributed by atoms with Gasteiger partial charge in [0.05, 0.1) is 5.25 Å². The second kappa shape index (κ2) is 7.90. The summed E-state index contributed by atoms with van der Waals surface area (Å²) in [5.41, 5.74) is 2.48. The zero-order valence-corrected chi connectivity index (χ0v) is 16.2. The molecule has 142 valence electrons. The maximum atomic E-state index is 13.0. The first-order chi connectivity index (χ1) is 13.6. The molecule has 2 aromatic carbocycles. The average molecular weight is 392 g/mol. The van der Waals surface area contributed by atoms with Gasteiger partial charge in [0.1, 0.15) is 0 Å². The van der Waals surface area contributed by atoms with Crippen LogP contribution in [0.2, 0.25) is 0 Å². The highest BCUT2D eigenvalue weighted by Crippen LogP contribution is 2.26. The molecule has 0 aliphatic heterocycles. The molecule has 7 heteroatoms. The van der Waals surface area contributed by atoms with Crippen molar-refractivity contribution in [1.29, 1.82) is 0 Å². The predicted molar refractivity (Wildman–Crippen MR) is 111 cm³/mol. The van der Waals surface area contributed by atoms with E-state index in [0.29, 0.717) is 17.3 Å². The molecule has 0 radical (unpaired) electrons. The van der Waals surface area contributed by atoms with E-state index in [-0.39, 0.29) is 16.7 Å². The lowest BCUT2D eigenvalue weighted by molar-refractivity contribution is 0.0995. The third kappa shape index (κ3) is 3.66. The normalized spacial score (nSPS) is 12.3. The molecule has 0 spiro atoms. The molecule has 28 heavy (non-hydrogen) atoms. The van der Waals surface area contributed by atoms with Gasteiger partial charge in [-0.2, -0.15) is 0 Å². The minimum atomic E-state index is -0.370. The molecular formula is C21H20N4O2S. The number of nitrogens with one attached hydrogen (secondary N) is 2. The van der Waals surface area contributed by atoms with Crippen LogP contribution in [-0.2, 0) is 13.0 Å². The number of aryl methyl sites for hydroxylation is 1. The van der Waals surface area contributed by atoms with Gasteiger partial charge in [-0.1, -0.05) is 60.3 Å². The van der Waals surface area contributed by atoms with Crippen molar-refractivity contribution >= 4 is 28.4 Å². The van der Waals surface area contributed by atoms with Crippen molar-refractivity contribution in [3.8, 4) is 0 Å². The van der Waals surface area contributed by atoms with Gasteiger partial charge in [0.15, 0.2) is 10.9 Å². The van der Waals surface area contributed by atoms with Gasteiger partial charge < -0.3 is 4.98 Å². The van der Waals surface area contributed by atoms with Crippen molar-refractivity contribution < 1.29 is 4.79 Å². The van der Waals surface area contributed by atoms with E-state index in [1.165, 1.54) is 11.8 Å². The summed E-state index contributed by atoms with van der Waals surface area (Å²) >= 11 is 1.30. The van der Waals surface area contributed by atoms with E-state index in [1.54, 1.807) is 10.8 Å². The van der Waals surface area contributed by atoms with Crippen LogP contribution in [-0.4, -0.2) is 30.8 Å². The number of thioether (sulfide) groups is 1. The molecule has 0 saturated carbocycles. The standard InChI is InChI=1S/C21H20N4O2S/c1-14(19(26)17-13-22-18-10-6-5-9-16(17)18)28-21-24-23-20(27)25(21)12-11-15-7-3-2-4-8-15/h2-10,13-14,22H,11-12H2,1H3,(H,23,27). The largest absolute Gasteiger partial charge is 0.360 e. The Labute approximate surface area is 166 Å². The summed E-state index contributed by atoms with van der Waals surface area (Å²) in [6.45, 7) is 2.35. The highest BCUT2D eigenvalue weighted by atomic mass is 32.2. The van der Waals surface area contributed by atoms with Gasteiger partial charge >= 0.3 is 5.69 Å². The van der Waals surface area contributed by atoms with Crippen molar-refractivity contribution in [3.05, 3.63) is 82.4 Å². The molecule has 1 atom stereocenters. The Bertz CT molecular complexity index is 1160. The summed E-state index contributed by atoms with van der Waals surface area (Å²) < 4.78 is 1.59. The van der Waals surface area contributed by atoms with Crippen molar-refractivity contribution in [2.24, 2.45) is 0 Å². The van der Waals surface area contributed by atoms with E-state index in [9.17, 15) is 9.59 Å². The van der Waals surface area contributed by atoms with Crippen LogP contribution in [0.4, 0.5) is 0 Å². The molecule has 4 rings (SSSR count). The number of para-hydroxylation sites is 1. The summed E-state index contributed by atoms with van der Waals surface area (Å²) in [6, 6.07) is 17.7. The van der Waals surface area contributed by atoms with Gasteiger partial charge in [0.25, 0.3) is 0 Å². The lowest BCUT2D eigenvalue weighted by atomic mass is 10.1. The number of hydrogen-bond acceptors (Lipinski definition) is 4. The summed E-state index contributed by atoms with van der Waals surface area (Å²) in [4.78, 5) is 28.2. The third-order valence-electron chi connectivity index (χ3n) is 4.70. The lowest BCUT2D eigenvalue weighted by Gasteiger charge is -2.10. The molecule has 1 unspecified atom stereocenters. The van der Waals surface area contributed by atoms with Crippen LogP contribution in [0.1, 0.15) is 22.8 Å². The highest BCUT2D eigenvalue weighted by Gasteiger charge is 2.22. The average Bonchev–Trinajstić information content (AvgIpc) is 3.30. The molecule has 4 aromatic rings. The van der Waals surface area contributed by atoms with Crippen LogP contribution in [0.15, 0.2) is 70.7 Å². The molecule has 6 nitrogen and oxygen atoms in total. The van der Waals surface area contributed by atoms with Crippen LogP contribution in [0, 0.1) is 0 Å². The number of aromatic nitrogens is 4. The number of carbonyl (C=O) groups is 1. The monoisotopic (exact) mass is 392 g/mol. The topological polar surface area (TPSA) is 83.5 Å². The van der Waals surface area contributed by atoms with Gasteiger partial charge in [0.2, 0.25) is 0 Å². The smallest absolute Gasteiger partial charge is 0.343 e. The Morgan fingerprint density at radius 3 is 2.71 bits per heavy atom. The summed E-state index contributed by atoms with van der Waals surface area (Å²) in [5, 5.41) is 7.69. The van der Waals surface area contributed by atoms with E-state index in [2.05, 4.69) is 15.2 Å². The van der Waals surface area contributed by atoms with Crippen LogP contribution >= 0.6 is 11.8 Å². The molecular weight excluding hydrogens is 372 g/mol. The molecule has 0 bridgehead atoms. The number of carbonyl (C=O) groups excluding carboxylic acids is 1. The second-order valence-corrected chi connectivity index (χ2v) is 7.88. The zero-order chi connectivity index (χ0) is 19.5. The zero-order valence-electron chi connectivity index (χ0n) is 15.4. The third-order valence-corrected chi connectivity index (χ3v) is 5.79. The molecule has 2 N–H and O–H groups in total. The number of Topliss-reactive ketones (excluding diaryl/α,β-unsaturated/α-hetero) is 1. The van der Waals surface area contributed by atoms with E-state index in [4.69, 9.17) is 0 Å². The molecule has 0 saturated heterocycles. The van der Waals surface area contributed by atoms with Crippen molar-refractivity contribution in [3.63, 3.8) is 0 Å². The summed E-state index contributed by atoms with van der Waals surface area (Å²) in [5.74, 6) is 0.00695. The number of aromatic amines is 2. The SMILES string of the molecule is CC(Sc1n[nH]c(=O)n1CCc1ccccc1)C(=O)c1c[nH]c2ccccc12. The second-order valence-electron chi connectivity index (χ2n) is 6.57. The molecule has 0 aliphatic carbocycles. The first-order valence-electron chi connectivity index (χ1n) is 9.09. The van der Waals surface area contributed by atoms with Gasteiger partial charge in [-0.25, -0.2) is 9.89 Å². The number of ketones is 1. The van der Waals surface area contributed by atoms with E-state index >= 15 is 0 Å². The maximum Gasteiger partial charge on any atom is 0.343 e. The van der Waals surface area contributed by atoms with Crippen LogP contribution in [0.3, 0.4) is 0 Å². The first-order valence-corrected chi connectivity index (χ1v) is 9.97. The Hall–Kier alpha value is -3.06. The number of benzene rings is 2. The minimum absolute atomic E-state index is 0.00695. The lowest BCUT2D eigenvalue weighted by Crippen LogP contribution is -2.20. The number of H-pyrrole nitrogens is 2. The number of rotatable bonds is 7. The van der Waals surface area contributed by atoms with Gasteiger partial charge in [0, 0.05) is 29.2 Å². The number of nitrogens with zero attached hydrogens (tertiary/aromatic N) is 2. The summed E-state index contributed by atoms with van der Waals surface area (Å²) in [7, 11) is 0. The predicted octanol–water partition coefficient (Wildman–Crippen LogP) is 3.66. The molecule has 2 heterocycles. The van der Waals surface area contributed by atoms with Crippen molar-refractivity contribution in [2.45, 2.75) is 30.3 Å². The molecule has 0 aliphatic rings. The molecule has 0 fully saturated rings. The Balaban J connectivity index is 1.51. The van der Waals surface area contributed by atoms with E-state index in [1.807, 2.05) is 61.5 Å². The maximum absolute atomic E-state index is 13.0. The van der Waals surface area contributed by atoms with Gasteiger partial charge in [-0.3, -0.25) is 9.36 Å². The fourth-order valence-corrected chi connectivity index (χ4v) is 4.13. The molecule has 0 amide bonds. The van der Waals surface area contributed by atoms with Gasteiger partial charge in [-0.15, -0.1) is 5.10 Å². The van der Waals surface area contributed by atoms with Crippen molar-refractivity contribution in [2.75, 3.05) is 0 Å². The highest BCUT2D eigenvalue weighted by molar-refractivity contribution is 8.00. The van der Waals surface area contributed by atoms with Crippen molar-refractivity contribution in [1.82, 2.24) is 19.7 Å². The number of hydrogen-bond donors (Lipinski definition) is 2. The Morgan fingerprint density at radius 1 is 1.14 bits per heavy atom. The fourth-order valence-electron chi connectivity index (χ4n) is 3.18. The van der Waals surface area contributed by atoms with E-state index in [0.717, 1.165) is 22.9 Å². The first kappa shape index (κ1) is 18.3. The van der Waals surface area contributed by atoms with Crippen LogP contribution in [0.5, 0.6) is 0 Å².